The lowest BCUT2D eigenvalue weighted by Crippen LogP contribution is -2.37. The van der Waals surface area contributed by atoms with Gasteiger partial charge < -0.3 is 15.1 Å². The summed E-state index contributed by atoms with van der Waals surface area (Å²) in [7, 11) is 0. The molecule has 0 spiro atoms. The van der Waals surface area contributed by atoms with Gasteiger partial charge in [-0.1, -0.05) is 20.8 Å². The molecule has 3 heterocycles. The van der Waals surface area contributed by atoms with E-state index in [0.717, 1.165) is 46.8 Å². The van der Waals surface area contributed by atoms with Crippen LogP contribution in [0.1, 0.15) is 45.3 Å². The predicted molar refractivity (Wildman–Crippen MR) is 103 cm³/mol. The van der Waals surface area contributed by atoms with Crippen molar-refractivity contribution in [3.8, 4) is 0 Å². The highest BCUT2D eigenvalue weighted by Gasteiger charge is 2.21. The van der Waals surface area contributed by atoms with Crippen molar-refractivity contribution in [3.05, 3.63) is 30.0 Å². The number of thiophene rings is 1. The highest BCUT2D eigenvalue weighted by Crippen LogP contribution is 2.33. The van der Waals surface area contributed by atoms with E-state index < -0.39 is 0 Å². The number of thioether (sulfide) groups is 1. The molecule has 0 bridgehead atoms. The van der Waals surface area contributed by atoms with Crippen LogP contribution in [0.2, 0.25) is 0 Å². The number of piperidine rings is 1. The maximum absolute atomic E-state index is 12.3. The number of carbonyl (C=O) groups excluding carboxylic acids is 1. The number of anilines is 1. The second kappa shape index (κ2) is 7.93. The average Bonchev–Trinajstić information content (AvgIpc) is 3.22. The first-order valence-electron chi connectivity index (χ1n) is 8.61. The zero-order valence-corrected chi connectivity index (χ0v) is 16.6. The molecule has 0 radical (unpaired) electrons. The van der Waals surface area contributed by atoms with Gasteiger partial charge in [-0.15, -0.1) is 23.1 Å². The third kappa shape index (κ3) is 5.09. The Hall–Kier alpha value is -1.31. The lowest BCUT2D eigenvalue weighted by atomic mass is 9.94. The number of hydrogen-bond donors (Lipinski definition) is 2. The van der Waals surface area contributed by atoms with Crippen molar-refractivity contribution in [2.75, 3.05) is 18.4 Å². The largest absolute Gasteiger partial charge is 0.444 e. The van der Waals surface area contributed by atoms with Crippen molar-refractivity contribution in [2.24, 2.45) is 5.92 Å². The molecule has 0 aliphatic carbocycles. The molecular weight excluding hydrogens is 354 g/mol. The Bertz CT molecular complexity index is 712. The molecule has 7 heteroatoms. The van der Waals surface area contributed by atoms with Crippen LogP contribution >= 0.6 is 23.1 Å². The minimum atomic E-state index is -0.0235. The molecule has 1 aliphatic rings. The van der Waals surface area contributed by atoms with Gasteiger partial charge in [-0.2, -0.15) is 0 Å². The fourth-order valence-corrected chi connectivity index (χ4v) is 4.51. The molecule has 1 amide bonds. The fourth-order valence-electron chi connectivity index (χ4n) is 2.62. The van der Waals surface area contributed by atoms with Gasteiger partial charge in [-0.05, 0) is 31.5 Å². The van der Waals surface area contributed by atoms with E-state index in [9.17, 15) is 4.79 Å². The Morgan fingerprint density at radius 1 is 1.48 bits per heavy atom. The van der Waals surface area contributed by atoms with Gasteiger partial charge in [-0.25, -0.2) is 4.98 Å². The van der Waals surface area contributed by atoms with Crippen LogP contribution in [0.25, 0.3) is 0 Å². The van der Waals surface area contributed by atoms with Gasteiger partial charge in [0.15, 0.2) is 0 Å². The third-order valence-electron chi connectivity index (χ3n) is 4.13. The molecule has 0 saturated carbocycles. The number of nitrogens with one attached hydrogen (secondary N) is 2. The van der Waals surface area contributed by atoms with Gasteiger partial charge >= 0.3 is 0 Å². The number of carbonyl (C=O) groups is 1. The molecule has 0 unspecified atom stereocenters. The minimum absolute atomic E-state index is 0.0235. The Labute approximate surface area is 157 Å². The van der Waals surface area contributed by atoms with E-state index in [1.165, 1.54) is 0 Å². The minimum Gasteiger partial charge on any atom is -0.444 e. The summed E-state index contributed by atoms with van der Waals surface area (Å²) in [4.78, 5) is 16.6. The van der Waals surface area contributed by atoms with Crippen molar-refractivity contribution in [2.45, 2.75) is 49.0 Å². The summed E-state index contributed by atoms with van der Waals surface area (Å²) < 4.78 is 6.96. The summed E-state index contributed by atoms with van der Waals surface area (Å²) in [5, 5.41) is 7.22. The molecule has 2 aromatic rings. The molecule has 1 fully saturated rings. The van der Waals surface area contributed by atoms with E-state index in [2.05, 4.69) is 36.4 Å². The van der Waals surface area contributed by atoms with Crippen molar-refractivity contribution in [1.29, 1.82) is 0 Å². The molecule has 5 nitrogen and oxygen atoms in total. The fraction of sp³-hybridized carbons (Fsp3) is 0.556. The van der Waals surface area contributed by atoms with Crippen LogP contribution < -0.4 is 10.6 Å². The van der Waals surface area contributed by atoms with Crippen LogP contribution in [-0.2, 0) is 16.0 Å². The molecule has 0 aromatic carbocycles. The van der Waals surface area contributed by atoms with Gasteiger partial charge in [0, 0.05) is 12.0 Å². The molecule has 2 N–H and O–H groups in total. The zero-order valence-electron chi connectivity index (χ0n) is 14.9. The van der Waals surface area contributed by atoms with Crippen LogP contribution in [0.15, 0.2) is 27.0 Å². The monoisotopic (exact) mass is 379 g/mol. The Balaban J connectivity index is 1.51. The Kier molecular flexibility index (Phi) is 5.86. The highest BCUT2D eigenvalue weighted by molar-refractivity contribution is 8.00. The molecular formula is C18H25N3O2S2. The number of rotatable bonds is 5. The smallest absolute Gasteiger partial charge is 0.229 e. The maximum atomic E-state index is 12.3. The van der Waals surface area contributed by atoms with Crippen LogP contribution in [0.4, 0.5) is 5.00 Å². The van der Waals surface area contributed by atoms with E-state index in [-0.39, 0.29) is 17.2 Å². The second-order valence-electron chi connectivity index (χ2n) is 7.31. The molecule has 1 aliphatic heterocycles. The first-order chi connectivity index (χ1) is 11.9. The van der Waals surface area contributed by atoms with Crippen molar-refractivity contribution in [3.63, 3.8) is 0 Å². The van der Waals surface area contributed by atoms with Crippen LogP contribution in [0.5, 0.6) is 0 Å². The molecule has 2 aromatic heterocycles. The molecule has 136 valence electrons. The lowest BCUT2D eigenvalue weighted by molar-refractivity contribution is -0.120. The summed E-state index contributed by atoms with van der Waals surface area (Å²) in [6.45, 7) is 8.13. The van der Waals surface area contributed by atoms with Crippen molar-refractivity contribution < 1.29 is 9.21 Å². The second-order valence-corrected chi connectivity index (χ2v) is 9.67. The van der Waals surface area contributed by atoms with Crippen molar-refractivity contribution in [1.82, 2.24) is 10.3 Å². The van der Waals surface area contributed by atoms with E-state index >= 15 is 0 Å². The normalized spacial score (nSPS) is 18.3. The summed E-state index contributed by atoms with van der Waals surface area (Å²) in [6, 6.07) is 4.01. The quantitative estimate of drug-likeness (QED) is 0.760. The van der Waals surface area contributed by atoms with Gasteiger partial charge in [0.1, 0.15) is 5.76 Å². The van der Waals surface area contributed by atoms with Crippen LogP contribution in [0.3, 0.4) is 0 Å². The van der Waals surface area contributed by atoms with Gasteiger partial charge in [0.2, 0.25) is 11.8 Å². The number of aromatic nitrogens is 1. The lowest BCUT2D eigenvalue weighted by Gasteiger charge is -2.21. The number of amides is 1. The van der Waals surface area contributed by atoms with E-state index in [0.29, 0.717) is 5.75 Å². The van der Waals surface area contributed by atoms with Crippen LogP contribution in [0, 0.1) is 5.92 Å². The summed E-state index contributed by atoms with van der Waals surface area (Å²) >= 11 is 3.28. The molecule has 1 saturated heterocycles. The van der Waals surface area contributed by atoms with Crippen LogP contribution in [-0.4, -0.2) is 24.0 Å². The molecule has 25 heavy (non-hydrogen) atoms. The molecule has 3 rings (SSSR count). The van der Waals surface area contributed by atoms with E-state index in [4.69, 9.17) is 4.42 Å². The Morgan fingerprint density at radius 3 is 3.00 bits per heavy atom. The third-order valence-corrected chi connectivity index (χ3v) is 6.34. The highest BCUT2D eigenvalue weighted by atomic mass is 32.2. The van der Waals surface area contributed by atoms with Gasteiger partial charge in [0.05, 0.1) is 27.1 Å². The summed E-state index contributed by atoms with van der Waals surface area (Å²) in [5.41, 5.74) is -0.0235. The van der Waals surface area contributed by atoms with Crippen molar-refractivity contribution >= 4 is 34.0 Å². The topological polar surface area (TPSA) is 67.2 Å². The standard InChI is InChI=1S/C18H25N3O2S2/c1-18(2,3)13-10-20-14(23-13)11-24-16-7-6-15(25-16)21-17(22)12-5-4-8-19-9-12/h6-7,10,12,19H,4-5,8-9,11H2,1-3H3,(H,21,22)/t12-/m0/s1. The SMILES string of the molecule is CC(C)(C)c1cnc(CSc2ccc(NC(=O)[C@H]3CCCNC3)s2)o1. The summed E-state index contributed by atoms with van der Waals surface area (Å²) in [6.07, 6.45) is 3.84. The first-order valence-corrected chi connectivity index (χ1v) is 10.4. The summed E-state index contributed by atoms with van der Waals surface area (Å²) in [5.74, 6) is 2.53. The van der Waals surface area contributed by atoms with E-state index in [1.54, 1.807) is 23.1 Å². The maximum Gasteiger partial charge on any atom is 0.229 e. The average molecular weight is 380 g/mol. The number of nitrogens with zero attached hydrogens (tertiary/aromatic N) is 1. The number of hydrogen-bond acceptors (Lipinski definition) is 6. The Morgan fingerprint density at radius 2 is 2.32 bits per heavy atom. The zero-order chi connectivity index (χ0) is 17.9. The predicted octanol–water partition coefficient (Wildman–Crippen LogP) is 4.26. The van der Waals surface area contributed by atoms with E-state index in [1.807, 2.05) is 18.3 Å². The molecule has 1 atom stereocenters. The number of oxazole rings is 1. The first kappa shape index (κ1) is 18.5. The van der Waals surface area contributed by atoms with Gasteiger partial charge in [0.25, 0.3) is 0 Å². The van der Waals surface area contributed by atoms with Gasteiger partial charge in [-0.3, -0.25) is 4.79 Å².